The zero-order valence-corrected chi connectivity index (χ0v) is 9.28. The first-order valence-electron chi connectivity index (χ1n) is 5.02. The molecule has 4 heteroatoms. The molecule has 0 aliphatic carbocycles. The zero-order valence-electron chi connectivity index (χ0n) is 9.28. The van der Waals surface area contributed by atoms with Crippen LogP contribution in [0, 0.1) is 12.8 Å². The van der Waals surface area contributed by atoms with Crippen molar-refractivity contribution in [2.45, 2.75) is 26.9 Å². The molecule has 0 aliphatic heterocycles. The van der Waals surface area contributed by atoms with E-state index in [2.05, 4.69) is 5.32 Å². The van der Waals surface area contributed by atoms with E-state index in [-0.39, 0.29) is 18.4 Å². The fourth-order valence-electron chi connectivity index (χ4n) is 1.12. The highest BCUT2D eigenvalue weighted by Crippen LogP contribution is 2.08. The minimum atomic E-state index is -0.524. The van der Waals surface area contributed by atoms with Gasteiger partial charge < -0.3 is 14.8 Å². The zero-order chi connectivity index (χ0) is 11.4. The van der Waals surface area contributed by atoms with E-state index in [0.29, 0.717) is 5.76 Å². The summed E-state index contributed by atoms with van der Waals surface area (Å²) in [7, 11) is 0. The molecule has 0 fully saturated rings. The van der Waals surface area contributed by atoms with Crippen molar-refractivity contribution in [2.24, 2.45) is 5.92 Å². The molecule has 1 unspecified atom stereocenters. The number of rotatable bonds is 4. The Kier molecular flexibility index (Phi) is 3.91. The maximum atomic E-state index is 11.5. The van der Waals surface area contributed by atoms with Gasteiger partial charge in [-0.15, -0.1) is 0 Å². The van der Waals surface area contributed by atoms with Crippen LogP contribution in [-0.2, 0) is 0 Å². The van der Waals surface area contributed by atoms with E-state index >= 15 is 0 Å². The summed E-state index contributed by atoms with van der Waals surface area (Å²) in [4.78, 5) is 11.5. The molecule has 84 valence electrons. The number of hydrogen-bond acceptors (Lipinski definition) is 3. The van der Waals surface area contributed by atoms with Gasteiger partial charge in [0.2, 0.25) is 0 Å². The number of furan rings is 1. The number of nitrogens with one attached hydrogen (secondary N) is 1. The molecule has 0 radical (unpaired) electrons. The summed E-state index contributed by atoms with van der Waals surface area (Å²) in [5.41, 5.74) is 0.798. The van der Waals surface area contributed by atoms with Crippen molar-refractivity contribution >= 4 is 5.91 Å². The molecule has 0 spiro atoms. The quantitative estimate of drug-likeness (QED) is 0.789. The molecular weight excluding hydrogens is 194 g/mol. The number of aliphatic hydroxyl groups excluding tert-OH is 1. The van der Waals surface area contributed by atoms with Crippen LogP contribution in [0.25, 0.3) is 0 Å². The standard InChI is InChI=1S/C11H17NO3/c1-7(2)9(13)6-12-11(14)10-8(3)4-5-15-10/h4-5,7,9,13H,6H2,1-3H3,(H,12,14). The van der Waals surface area contributed by atoms with E-state index in [9.17, 15) is 9.90 Å². The summed E-state index contributed by atoms with van der Waals surface area (Å²) in [6, 6.07) is 1.73. The summed E-state index contributed by atoms with van der Waals surface area (Å²) < 4.78 is 5.03. The maximum Gasteiger partial charge on any atom is 0.287 e. The van der Waals surface area contributed by atoms with Crippen molar-refractivity contribution in [3.8, 4) is 0 Å². The van der Waals surface area contributed by atoms with E-state index in [1.165, 1.54) is 6.26 Å². The summed E-state index contributed by atoms with van der Waals surface area (Å²) >= 11 is 0. The molecule has 2 N–H and O–H groups in total. The lowest BCUT2D eigenvalue weighted by Gasteiger charge is -2.14. The van der Waals surface area contributed by atoms with Crippen LogP contribution in [0.3, 0.4) is 0 Å². The molecule has 0 saturated carbocycles. The van der Waals surface area contributed by atoms with Gasteiger partial charge in [0.25, 0.3) is 5.91 Å². The first kappa shape index (κ1) is 11.8. The van der Waals surface area contributed by atoms with E-state index in [1.54, 1.807) is 13.0 Å². The fourth-order valence-corrected chi connectivity index (χ4v) is 1.12. The lowest BCUT2D eigenvalue weighted by molar-refractivity contribution is 0.0846. The Bertz CT molecular complexity index is 330. The van der Waals surface area contributed by atoms with Crippen molar-refractivity contribution in [2.75, 3.05) is 6.54 Å². The normalized spacial score (nSPS) is 12.9. The highest BCUT2D eigenvalue weighted by atomic mass is 16.3. The number of carbonyl (C=O) groups is 1. The Morgan fingerprint density at radius 2 is 2.27 bits per heavy atom. The van der Waals surface area contributed by atoms with Gasteiger partial charge in [-0.25, -0.2) is 0 Å². The molecule has 1 rings (SSSR count). The molecule has 0 saturated heterocycles. The van der Waals surface area contributed by atoms with Gasteiger partial charge in [-0.2, -0.15) is 0 Å². The fraction of sp³-hybridized carbons (Fsp3) is 0.545. The molecule has 4 nitrogen and oxygen atoms in total. The van der Waals surface area contributed by atoms with Gasteiger partial charge in [0, 0.05) is 12.1 Å². The second-order valence-electron chi connectivity index (χ2n) is 3.95. The highest BCUT2D eigenvalue weighted by Gasteiger charge is 2.15. The molecule has 0 aromatic carbocycles. The summed E-state index contributed by atoms with van der Waals surface area (Å²) in [5.74, 6) is 0.158. The van der Waals surface area contributed by atoms with E-state index in [0.717, 1.165) is 5.56 Å². The Labute approximate surface area is 89.3 Å². The second-order valence-corrected chi connectivity index (χ2v) is 3.95. The van der Waals surface area contributed by atoms with Gasteiger partial charge in [0.1, 0.15) is 0 Å². The molecule has 1 heterocycles. The van der Waals surface area contributed by atoms with Gasteiger partial charge in [-0.3, -0.25) is 4.79 Å². The lowest BCUT2D eigenvalue weighted by Crippen LogP contribution is -2.34. The third kappa shape index (κ3) is 3.09. The third-order valence-corrected chi connectivity index (χ3v) is 2.31. The molecule has 1 aromatic heterocycles. The Balaban J connectivity index is 2.47. The predicted molar refractivity (Wildman–Crippen MR) is 56.6 cm³/mol. The van der Waals surface area contributed by atoms with Crippen LogP contribution < -0.4 is 5.32 Å². The van der Waals surface area contributed by atoms with E-state index in [1.807, 2.05) is 13.8 Å². The van der Waals surface area contributed by atoms with Gasteiger partial charge in [0.15, 0.2) is 5.76 Å². The molecule has 1 amide bonds. The number of amides is 1. The third-order valence-electron chi connectivity index (χ3n) is 2.31. The minimum Gasteiger partial charge on any atom is -0.459 e. The van der Waals surface area contributed by atoms with Crippen LogP contribution in [0.15, 0.2) is 16.7 Å². The summed E-state index contributed by atoms with van der Waals surface area (Å²) in [6.07, 6.45) is 0.951. The smallest absolute Gasteiger partial charge is 0.287 e. The Morgan fingerprint density at radius 1 is 1.60 bits per heavy atom. The molecule has 15 heavy (non-hydrogen) atoms. The van der Waals surface area contributed by atoms with Crippen LogP contribution >= 0.6 is 0 Å². The van der Waals surface area contributed by atoms with Crippen molar-refractivity contribution in [3.63, 3.8) is 0 Å². The van der Waals surface area contributed by atoms with E-state index < -0.39 is 6.10 Å². The average molecular weight is 211 g/mol. The van der Waals surface area contributed by atoms with Crippen LogP contribution in [-0.4, -0.2) is 23.7 Å². The van der Waals surface area contributed by atoms with Crippen molar-refractivity contribution in [1.29, 1.82) is 0 Å². The predicted octanol–water partition coefficient (Wildman–Crippen LogP) is 1.33. The molecule has 0 aliphatic rings. The van der Waals surface area contributed by atoms with Gasteiger partial charge >= 0.3 is 0 Å². The SMILES string of the molecule is Cc1ccoc1C(=O)NCC(O)C(C)C. The van der Waals surface area contributed by atoms with Crippen LogP contribution in [0.4, 0.5) is 0 Å². The van der Waals surface area contributed by atoms with Crippen molar-refractivity contribution in [3.05, 3.63) is 23.7 Å². The summed E-state index contributed by atoms with van der Waals surface area (Å²) in [5, 5.41) is 12.1. The summed E-state index contributed by atoms with van der Waals surface area (Å²) in [6.45, 7) is 5.85. The van der Waals surface area contributed by atoms with Gasteiger partial charge in [0.05, 0.1) is 12.4 Å². The van der Waals surface area contributed by atoms with Crippen LogP contribution in [0.5, 0.6) is 0 Å². The first-order valence-corrected chi connectivity index (χ1v) is 5.02. The largest absolute Gasteiger partial charge is 0.459 e. The van der Waals surface area contributed by atoms with Crippen molar-refractivity contribution < 1.29 is 14.3 Å². The second kappa shape index (κ2) is 4.98. The minimum absolute atomic E-state index is 0.128. The number of carbonyl (C=O) groups excluding carboxylic acids is 1. The maximum absolute atomic E-state index is 11.5. The van der Waals surface area contributed by atoms with Crippen LogP contribution in [0.2, 0.25) is 0 Å². The lowest BCUT2D eigenvalue weighted by atomic mass is 10.1. The highest BCUT2D eigenvalue weighted by molar-refractivity contribution is 5.92. The first-order chi connectivity index (χ1) is 7.02. The molecule has 1 aromatic rings. The molecule has 1 atom stereocenters. The Hall–Kier alpha value is -1.29. The molecular formula is C11H17NO3. The van der Waals surface area contributed by atoms with Gasteiger partial charge in [-0.1, -0.05) is 13.8 Å². The molecule has 0 bridgehead atoms. The van der Waals surface area contributed by atoms with E-state index in [4.69, 9.17) is 4.42 Å². The van der Waals surface area contributed by atoms with Crippen molar-refractivity contribution in [1.82, 2.24) is 5.32 Å². The number of aryl methyl sites for hydroxylation is 1. The number of aliphatic hydroxyl groups is 1. The monoisotopic (exact) mass is 211 g/mol. The van der Waals surface area contributed by atoms with Crippen LogP contribution in [0.1, 0.15) is 30.0 Å². The average Bonchev–Trinajstić information content (AvgIpc) is 2.60. The number of hydrogen-bond donors (Lipinski definition) is 2. The Morgan fingerprint density at radius 3 is 2.73 bits per heavy atom. The van der Waals surface area contributed by atoms with Gasteiger partial charge in [-0.05, 0) is 18.9 Å². The topological polar surface area (TPSA) is 62.5 Å².